The second-order valence-corrected chi connectivity index (χ2v) is 6.91. The molecule has 3 aromatic rings. The minimum atomic E-state index is -0.921. The lowest BCUT2D eigenvalue weighted by Crippen LogP contribution is -2.30. The molecule has 1 amide bonds. The van der Waals surface area contributed by atoms with Crippen molar-refractivity contribution < 1.29 is 19.1 Å². The van der Waals surface area contributed by atoms with E-state index >= 15 is 0 Å². The van der Waals surface area contributed by atoms with E-state index in [4.69, 9.17) is 9.47 Å². The maximum atomic E-state index is 12.3. The van der Waals surface area contributed by atoms with Gasteiger partial charge in [0.25, 0.3) is 5.91 Å². The number of aromatic nitrogens is 1. The lowest BCUT2D eigenvalue weighted by atomic mass is 10.1. The highest BCUT2D eigenvalue weighted by Gasteiger charge is 2.19. The summed E-state index contributed by atoms with van der Waals surface area (Å²) in [5.74, 6) is -0.183. The number of hydrogen-bond acceptors (Lipinski definition) is 6. The average molecular weight is 396 g/mol. The van der Waals surface area contributed by atoms with Crippen LogP contribution in [0.5, 0.6) is 5.75 Å². The minimum Gasteiger partial charge on any atom is -0.497 e. The first-order valence-electron chi connectivity index (χ1n) is 8.69. The second kappa shape index (κ2) is 9.14. The van der Waals surface area contributed by atoms with Crippen LogP contribution in [-0.4, -0.2) is 30.1 Å². The molecule has 0 saturated carbocycles. The van der Waals surface area contributed by atoms with Gasteiger partial charge in [-0.2, -0.15) is 0 Å². The van der Waals surface area contributed by atoms with Crippen molar-refractivity contribution in [3.63, 3.8) is 0 Å². The number of nitrogens with one attached hydrogen (secondary N) is 1. The Bertz CT molecular complexity index is 939. The monoisotopic (exact) mass is 396 g/mol. The first kappa shape index (κ1) is 19.6. The fourth-order valence-electron chi connectivity index (χ4n) is 2.48. The van der Waals surface area contributed by atoms with E-state index in [1.54, 1.807) is 31.4 Å². The van der Waals surface area contributed by atoms with Gasteiger partial charge in [-0.3, -0.25) is 14.9 Å². The molecular formula is C21H20N2O4S. The maximum Gasteiger partial charge on any atom is 0.311 e. The summed E-state index contributed by atoms with van der Waals surface area (Å²) in [6, 6.07) is 16.8. The van der Waals surface area contributed by atoms with Crippen LogP contribution in [0.15, 0.2) is 60.0 Å². The van der Waals surface area contributed by atoms with Gasteiger partial charge in [0.15, 0.2) is 11.2 Å². The number of amides is 1. The number of anilines is 1. The maximum absolute atomic E-state index is 12.3. The van der Waals surface area contributed by atoms with Gasteiger partial charge >= 0.3 is 5.97 Å². The predicted octanol–water partition coefficient (Wildman–Crippen LogP) is 3.93. The van der Waals surface area contributed by atoms with Crippen LogP contribution in [0.4, 0.5) is 5.13 Å². The summed E-state index contributed by atoms with van der Waals surface area (Å²) in [7, 11) is 1.58. The smallest absolute Gasteiger partial charge is 0.311 e. The number of carbonyl (C=O) groups excluding carboxylic acids is 2. The molecule has 28 heavy (non-hydrogen) atoms. The van der Waals surface area contributed by atoms with Gasteiger partial charge in [-0.15, -0.1) is 11.3 Å². The molecular weight excluding hydrogens is 376 g/mol. The summed E-state index contributed by atoms with van der Waals surface area (Å²) in [6.45, 7) is 1.53. The van der Waals surface area contributed by atoms with Crippen LogP contribution in [0.25, 0.3) is 11.3 Å². The second-order valence-electron chi connectivity index (χ2n) is 6.05. The Morgan fingerprint density at radius 3 is 2.50 bits per heavy atom. The topological polar surface area (TPSA) is 77.5 Å². The molecule has 6 nitrogen and oxygen atoms in total. The molecule has 2 aromatic carbocycles. The van der Waals surface area contributed by atoms with Crippen LogP contribution >= 0.6 is 11.3 Å². The van der Waals surface area contributed by atoms with E-state index in [1.807, 2.05) is 35.7 Å². The quantitative estimate of drug-likeness (QED) is 0.612. The van der Waals surface area contributed by atoms with Gasteiger partial charge in [0.05, 0.1) is 19.2 Å². The molecule has 0 aliphatic heterocycles. The molecule has 0 saturated heterocycles. The van der Waals surface area contributed by atoms with Crippen molar-refractivity contribution in [2.75, 3.05) is 12.4 Å². The number of nitrogens with zero attached hydrogens (tertiary/aromatic N) is 1. The Morgan fingerprint density at radius 2 is 1.82 bits per heavy atom. The summed E-state index contributed by atoms with van der Waals surface area (Å²) in [6.07, 6.45) is -0.841. The lowest BCUT2D eigenvalue weighted by Gasteiger charge is -2.12. The van der Waals surface area contributed by atoms with Crippen LogP contribution in [0.1, 0.15) is 12.5 Å². The third-order valence-corrected chi connectivity index (χ3v) is 4.75. The number of benzene rings is 2. The van der Waals surface area contributed by atoms with Crippen molar-refractivity contribution in [1.82, 2.24) is 4.98 Å². The molecule has 0 aliphatic rings. The van der Waals surface area contributed by atoms with Gasteiger partial charge < -0.3 is 9.47 Å². The molecule has 0 spiro atoms. The minimum absolute atomic E-state index is 0.0804. The van der Waals surface area contributed by atoms with Crippen LogP contribution in [0.3, 0.4) is 0 Å². The summed E-state index contributed by atoms with van der Waals surface area (Å²) in [4.78, 5) is 28.8. The van der Waals surface area contributed by atoms with Crippen molar-refractivity contribution in [3.05, 3.63) is 65.5 Å². The molecule has 3 rings (SSSR count). The Labute approximate surface area is 167 Å². The van der Waals surface area contributed by atoms with Crippen LogP contribution < -0.4 is 10.1 Å². The van der Waals surface area contributed by atoms with Gasteiger partial charge in [-0.1, -0.05) is 42.5 Å². The molecule has 0 fully saturated rings. The average Bonchev–Trinajstić information content (AvgIpc) is 3.17. The molecule has 7 heteroatoms. The van der Waals surface area contributed by atoms with E-state index in [0.29, 0.717) is 10.9 Å². The standard InChI is InChI=1S/C21H20N2O4S/c1-14(27-19(24)12-15-8-10-17(26-2)11-9-15)20(25)23-21-22-18(13-28-21)16-6-4-3-5-7-16/h3-11,13-14H,12H2,1-2H3,(H,22,23,25)/t14-/m1/s1. The summed E-state index contributed by atoms with van der Waals surface area (Å²) in [5, 5.41) is 5.02. The molecule has 0 aliphatic carbocycles. The predicted molar refractivity (Wildman–Crippen MR) is 108 cm³/mol. The highest BCUT2D eigenvalue weighted by atomic mass is 32.1. The number of hydrogen-bond donors (Lipinski definition) is 1. The van der Waals surface area contributed by atoms with Crippen LogP contribution in [0, 0.1) is 0 Å². The van der Waals surface area contributed by atoms with E-state index in [2.05, 4.69) is 10.3 Å². The van der Waals surface area contributed by atoms with Crippen molar-refractivity contribution in [2.45, 2.75) is 19.4 Å². The Balaban J connectivity index is 1.52. The fourth-order valence-corrected chi connectivity index (χ4v) is 3.20. The molecule has 0 radical (unpaired) electrons. The first-order valence-corrected chi connectivity index (χ1v) is 9.57. The van der Waals surface area contributed by atoms with Gasteiger partial charge in [0.1, 0.15) is 5.75 Å². The normalized spacial score (nSPS) is 11.5. The third-order valence-electron chi connectivity index (χ3n) is 3.99. The molecule has 1 N–H and O–H groups in total. The highest BCUT2D eigenvalue weighted by molar-refractivity contribution is 7.14. The van der Waals surface area contributed by atoms with Crippen molar-refractivity contribution >= 4 is 28.3 Å². The van der Waals surface area contributed by atoms with Crippen molar-refractivity contribution in [3.8, 4) is 17.0 Å². The zero-order chi connectivity index (χ0) is 19.9. The largest absolute Gasteiger partial charge is 0.497 e. The zero-order valence-corrected chi connectivity index (χ0v) is 16.4. The summed E-state index contributed by atoms with van der Waals surface area (Å²) in [5.41, 5.74) is 2.54. The van der Waals surface area contributed by atoms with Crippen LogP contribution in [-0.2, 0) is 20.7 Å². The molecule has 0 bridgehead atoms. The number of ether oxygens (including phenoxy) is 2. The van der Waals surface area contributed by atoms with E-state index in [0.717, 1.165) is 16.8 Å². The third kappa shape index (κ3) is 5.17. The lowest BCUT2D eigenvalue weighted by molar-refractivity contribution is -0.152. The number of carbonyl (C=O) groups is 2. The highest BCUT2D eigenvalue weighted by Crippen LogP contribution is 2.24. The number of thiazole rings is 1. The zero-order valence-electron chi connectivity index (χ0n) is 15.5. The van der Waals surface area contributed by atoms with Crippen molar-refractivity contribution in [2.24, 2.45) is 0 Å². The summed E-state index contributed by atoms with van der Waals surface area (Å²) >= 11 is 1.32. The van der Waals surface area contributed by atoms with E-state index in [1.165, 1.54) is 18.3 Å². The van der Waals surface area contributed by atoms with E-state index in [9.17, 15) is 9.59 Å². The number of rotatable bonds is 7. The van der Waals surface area contributed by atoms with Crippen LogP contribution in [0.2, 0.25) is 0 Å². The Morgan fingerprint density at radius 1 is 1.11 bits per heavy atom. The van der Waals surface area contributed by atoms with E-state index in [-0.39, 0.29) is 6.42 Å². The molecule has 1 aromatic heterocycles. The SMILES string of the molecule is COc1ccc(CC(=O)O[C@H](C)C(=O)Nc2nc(-c3ccccc3)cs2)cc1. The Hall–Kier alpha value is -3.19. The first-order chi connectivity index (χ1) is 13.5. The molecule has 1 atom stereocenters. The Kier molecular flexibility index (Phi) is 6.39. The van der Waals surface area contributed by atoms with Gasteiger partial charge in [-0.25, -0.2) is 4.98 Å². The van der Waals surface area contributed by atoms with E-state index < -0.39 is 18.0 Å². The van der Waals surface area contributed by atoms with Gasteiger partial charge in [-0.05, 0) is 24.6 Å². The fraction of sp³-hybridized carbons (Fsp3) is 0.190. The van der Waals surface area contributed by atoms with Crippen molar-refractivity contribution in [1.29, 1.82) is 0 Å². The molecule has 144 valence electrons. The van der Waals surface area contributed by atoms with Gasteiger partial charge in [0.2, 0.25) is 0 Å². The summed E-state index contributed by atoms with van der Waals surface area (Å²) < 4.78 is 10.3. The number of esters is 1. The molecule has 0 unspecified atom stereocenters. The van der Waals surface area contributed by atoms with Gasteiger partial charge in [0, 0.05) is 10.9 Å². The molecule has 1 heterocycles. The number of methoxy groups -OCH3 is 1.